The van der Waals surface area contributed by atoms with Gasteiger partial charge in [-0.25, -0.2) is 4.98 Å². The molecule has 3 aliphatic heterocycles. The van der Waals surface area contributed by atoms with Gasteiger partial charge in [0, 0.05) is 36.2 Å². The number of aliphatic hydroxyl groups excluding tert-OH is 1. The first-order valence-electron chi connectivity index (χ1n) is 11.4. The average Bonchev–Trinajstić information content (AvgIpc) is 3.16. The molecule has 0 bridgehead atoms. The SMILES string of the molecule is O=[S@]1CCc2nc(N3CC[C@H]4c5ccc(Cl)cc5OC[C@@H]4C3)nc(NC3(CO)CCC3)c21. The van der Waals surface area contributed by atoms with Gasteiger partial charge in [-0.05, 0) is 49.3 Å². The van der Waals surface area contributed by atoms with E-state index in [1.54, 1.807) is 0 Å². The fraction of sp³-hybridized carbons (Fsp3) is 0.565. The molecular weight excluding hydrogens is 448 g/mol. The molecule has 0 amide bonds. The molecule has 1 aromatic heterocycles. The van der Waals surface area contributed by atoms with E-state index in [2.05, 4.69) is 16.3 Å². The monoisotopic (exact) mass is 474 g/mol. The third-order valence-corrected chi connectivity index (χ3v) is 9.21. The summed E-state index contributed by atoms with van der Waals surface area (Å²) in [5.41, 5.74) is 1.78. The van der Waals surface area contributed by atoms with Gasteiger partial charge in [-0.15, -0.1) is 0 Å². The van der Waals surface area contributed by atoms with Gasteiger partial charge in [0.05, 0.1) is 35.2 Å². The lowest BCUT2D eigenvalue weighted by Crippen LogP contribution is -2.49. The molecule has 0 radical (unpaired) electrons. The lowest BCUT2D eigenvalue weighted by Gasteiger charge is -2.43. The predicted molar refractivity (Wildman–Crippen MR) is 124 cm³/mol. The van der Waals surface area contributed by atoms with E-state index in [1.165, 1.54) is 5.56 Å². The second-order valence-corrected chi connectivity index (χ2v) is 11.4. The van der Waals surface area contributed by atoms with Gasteiger partial charge in [-0.1, -0.05) is 17.7 Å². The number of aryl methyl sites for hydroxylation is 1. The van der Waals surface area contributed by atoms with Crippen molar-refractivity contribution >= 4 is 34.2 Å². The van der Waals surface area contributed by atoms with Crippen LogP contribution in [-0.4, -0.2) is 56.9 Å². The molecule has 0 spiro atoms. The lowest BCUT2D eigenvalue weighted by atomic mass is 9.77. The Bertz CT molecular complexity index is 1090. The first kappa shape index (κ1) is 20.7. The summed E-state index contributed by atoms with van der Waals surface area (Å²) < 4.78 is 18.7. The zero-order valence-corrected chi connectivity index (χ0v) is 19.4. The third kappa shape index (κ3) is 3.38. The highest BCUT2D eigenvalue weighted by atomic mass is 35.5. The van der Waals surface area contributed by atoms with E-state index < -0.39 is 10.8 Å². The molecule has 1 aliphatic carbocycles. The van der Waals surface area contributed by atoms with E-state index in [0.717, 1.165) is 55.1 Å². The molecule has 2 N–H and O–H groups in total. The Balaban J connectivity index is 1.29. The van der Waals surface area contributed by atoms with Gasteiger partial charge < -0.3 is 20.1 Å². The maximum atomic E-state index is 12.7. The fourth-order valence-electron chi connectivity index (χ4n) is 5.52. The molecule has 1 aromatic carbocycles. The van der Waals surface area contributed by atoms with E-state index in [0.29, 0.717) is 47.4 Å². The lowest BCUT2D eigenvalue weighted by molar-refractivity contribution is 0.143. The summed E-state index contributed by atoms with van der Waals surface area (Å²) in [5.74, 6) is 3.64. The Morgan fingerprint density at radius 2 is 2.22 bits per heavy atom. The molecular formula is C23H27ClN4O3S. The van der Waals surface area contributed by atoms with E-state index in [4.69, 9.17) is 26.3 Å². The summed E-state index contributed by atoms with van der Waals surface area (Å²) >= 11 is 6.15. The van der Waals surface area contributed by atoms with Gasteiger partial charge in [-0.3, -0.25) is 4.21 Å². The van der Waals surface area contributed by atoms with Crippen LogP contribution in [0.1, 0.15) is 42.9 Å². The Morgan fingerprint density at radius 3 is 3.00 bits per heavy atom. The first-order chi connectivity index (χ1) is 15.5. The van der Waals surface area contributed by atoms with Crippen LogP contribution in [0.2, 0.25) is 5.02 Å². The van der Waals surface area contributed by atoms with E-state index in [-0.39, 0.29) is 12.1 Å². The number of aliphatic hydroxyl groups is 1. The molecule has 4 aliphatic rings. The van der Waals surface area contributed by atoms with Crippen LogP contribution in [0, 0.1) is 5.92 Å². The number of aromatic nitrogens is 2. The summed E-state index contributed by atoms with van der Waals surface area (Å²) in [4.78, 5) is 12.7. The number of nitrogens with zero attached hydrogens (tertiary/aromatic N) is 3. The van der Waals surface area contributed by atoms with Gasteiger partial charge in [0.15, 0.2) is 0 Å². The summed E-state index contributed by atoms with van der Waals surface area (Å²) in [6.45, 7) is 2.39. The first-order valence-corrected chi connectivity index (χ1v) is 13.1. The van der Waals surface area contributed by atoms with Gasteiger partial charge in [0.25, 0.3) is 0 Å². The zero-order chi connectivity index (χ0) is 21.9. The summed E-state index contributed by atoms with van der Waals surface area (Å²) in [7, 11) is -1.09. The second-order valence-electron chi connectivity index (χ2n) is 9.46. The average molecular weight is 475 g/mol. The van der Waals surface area contributed by atoms with Gasteiger partial charge in [0.1, 0.15) is 16.5 Å². The number of ether oxygens (including phenoxy) is 1. The minimum Gasteiger partial charge on any atom is -0.493 e. The van der Waals surface area contributed by atoms with E-state index in [1.807, 2.05) is 12.1 Å². The van der Waals surface area contributed by atoms with Crippen molar-refractivity contribution in [3.8, 4) is 5.75 Å². The van der Waals surface area contributed by atoms with Crippen LogP contribution in [-0.2, 0) is 17.2 Å². The minimum absolute atomic E-state index is 0.0575. The molecule has 6 rings (SSSR count). The zero-order valence-electron chi connectivity index (χ0n) is 17.8. The maximum Gasteiger partial charge on any atom is 0.227 e. The highest BCUT2D eigenvalue weighted by Crippen LogP contribution is 2.44. The van der Waals surface area contributed by atoms with Crippen LogP contribution in [0.25, 0.3) is 0 Å². The summed E-state index contributed by atoms with van der Waals surface area (Å²) in [6, 6.07) is 5.95. The Morgan fingerprint density at radius 1 is 1.34 bits per heavy atom. The molecule has 2 aromatic rings. The number of hydrogen-bond acceptors (Lipinski definition) is 7. The van der Waals surface area contributed by atoms with Crippen molar-refractivity contribution in [3.63, 3.8) is 0 Å². The number of hydrogen-bond donors (Lipinski definition) is 2. The topological polar surface area (TPSA) is 87.6 Å². The van der Waals surface area contributed by atoms with Crippen LogP contribution < -0.4 is 15.0 Å². The normalized spacial score (nSPS) is 27.6. The van der Waals surface area contributed by atoms with Crippen LogP contribution in [0.4, 0.5) is 11.8 Å². The van der Waals surface area contributed by atoms with E-state index in [9.17, 15) is 9.32 Å². The molecule has 1 saturated carbocycles. The van der Waals surface area contributed by atoms with Crippen molar-refractivity contribution in [1.29, 1.82) is 0 Å². The van der Waals surface area contributed by atoms with Gasteiger partial charge in [0.2, 0.25) is 5.95 Å². The van der Waals surface area contributed by atoms with Crippen molar-refractivity contribution < 1.29 is 14.1 Å². The number of halogens is 1. The van der Waals surface area contributed by atoms with Crippen molar-refractivity contribution in [3.05, 3.63) is 34.5 Å². The predicted octanol–water partition coefficient (Wildman–Crippen LogP) is 3.12. The quantitative estimate of drug-likeness (QED) is 0.703. The third-order valence-electron chi connectivity index (χ3n) is 7.52. The largest absolute Gasteiger partial charge is 0.493 e. The number of fused-ring (bicyclic) bond motifs is 4. The molecule has 3 atom stereocenters. The number of nitrogens with one attached hydrogen (secondary N) is 1. The number of anilines is 2. The molecule has 1 saturated heterocycles. The number of piperidine rings is 1. The Labute approximate surface area is 195 Å². The van der Waals surface area contributed by atoms with Gasteiger partial charge in [-0.2, -0.15) is 4.98 Å². The number of benzene rings is 1. The maximum absolute atomic E-state index is 12.7. The van der Waals surface area contributed by atoms with Crippen molar-refractivity contribution in [2.45, 2.75) is 48.5 Å². The molecule has 0 unspecified atom stereocenters. The minimum atomic E-state index is -1.09. The smallest absolute Gasteiger partial charge is 0.227 e. The van der Waals surface area contributed by atoms with Crippen LogP contribution >= 0.6 is 11.6 Å². The number of rotatable bonds is 4. The summed E-state index contributed by atoms with van der Waals surface area (Å²) in [5, 5.41) is 14.1. The molecule has 9 heteroatoms. The highest BCUT2D eigenvalue weighted by molar-refractivity contribution is 7.85. The van der Waals surface area contributed by atoms with Crippen molar-refractivity contribution in [2.24, 2.45) is 5.92 Å². The van der Waals surface area contributed by atoms with Crippen LogP contribution in [0.5, 0.6) is 5.75 Å². The Hall–Kier alpha value is -1.90. The molecule has 7 nitrogen and oxygen atoms in total. The summed E-state index contributed by atoms with van der Waals surface area (Å²) in [6.07, 6.45) is 4.59. The molecule has 2 fully saturated rings. The van der Waals surface area contributed by atoms with E-state index >= 15 is 0 Å². The van der Waals surface area contributed by atoms with Crippen LogP contribution in [0.15, 0.2) is 23.1 Å². The molecule has 4 heterocycles. The molecule has 32 heavy (non-hydrogen) atoms. The molecule has 170 valence electrons. The fourth-order valence-corrected chi connectivity index (χ4v) is 6.98. The van der Waals surface area contributed by atoms with Crippen molar-refractivity contribution in [2.75, 3.05) is 42.3 Å². The van der Waals surface area contributed by atoms with Crippen LogP contribution in [0.3, 0.4) is 0 Å². The standard InChI is InChI=1S/C23H27ClN4O3S/c24-15-2-3-17-16-4-8-28(11-14(16)12-31-19(17)10-15)22-25-18-5-9-32(30)20(18)21(26-22)27-23(13-29)6-1-7-23/h2-3,10,14,16,29H,1,4-9,11-13H2,(H,25,26,27)/t14-,16+,32-/m0/s1. The van der Waals surface area contributed by atoms with Crippen molar-refractivity contribution in [1.82, 2.24) is 9.97 Å². The highest BCUT2D eigenvalue weighted by Gasteiger charge is 2.40. The second kappa shape index (κ2) is 7.85. The van der Waals surface area contributed by atoms with Gasteiger partial charge >= 0.3 is 0 Å². The Kier molecular flexibility index (Phi) is 5.08.